The molecule has 0 unspecified atom stereocenters. The number of rotatable bonds is 8. The van der Waals surface area contributed by atoms with Crippen LogP contribution in [0, 0.1) is 6.92 Å². The predicted molar refractivity (Wildman–Crippen MR) is 62.8 cm³/mol. The second kappa shape index (κ2) is 7.78. The fraction of sp³-hybridized carbons (Fsp3) is 0.727. The van der Waals surface area contributed by atoms with Gasteiger partial charge in [-0.05, 0) is 6.92 Å². The monoisotopic (exact) mass is 257 g/mol. The molecule has 18 heavy (non-hydrogen) atoms. The molecule has 0 spiro atoms. The number of methoxy groups -OCH3 is 2. The molecule has 1 aromatic rings. The van der Waals surface area contributed by atoms with E-state index in [0.29, 0.717) is 32.7 Å². The largest absolute Gasteiger partial charge is 0.469 e. The summed E-state index contributed by atoms with van der Waals surface area (Å²) in [4.78, 5) is 13.2. The number of aryl methyl sites for hydroxylation is 1. The van der Waals surface area contributed by atoms with E-state index in [1.54, 1.807) is 7.11 Å². The molecule has 0 aromatic carbocycles. The van der Waals surface area contributed by atoms with Gasteiger partial charge in [0.05, 0.1) is 20.1 Å². The highest BCUT2D eigenvalue weighted by Crippen LogP contribution is 2.06. The van der Waals surface area contributed by atoms with Gasteiger partial charge in [0.2, 0.25) is 0 Å². The molecule has 1 aromatic heterocycles. The molecule has 0 aliphatic rings. The number of carbonyl (C=O) groups excluding carboxylic acids is 1. The SMILES string of the molecule is COCCN(CCC(=O)OC)Cc1nonc1C. The van der Waals surface area contributed by atoms with Gasteiger partial charge in [-0.15, -0.1) is 0 Å². The lowest BCUT2D eigenvalue weighted by Gasteiger charge is -2.20. The third-order valence-electron chi connectivity index (χ3n) is 2.59. The molecule has 0 bridgehead atoms. The summed E-state index contributed by atoms with van der Waals surface area (Å²) >= 11 is 0. The molecule has 102 valence electrons. The normalized spacial score (nSPS) is 10.9. The third-order valence-corrected chi connectivity index (χ3v) is 2.59. The maximum absolute atomic E-state index is 11.1. The molecule has 0 aliphatic heterocycles. The first kappa shape index (κ1) is 14.6. The lowest BCUT2D eigenvalue weighted by Crippen LogP contribution is -2.30. The van der Waals surface area contributed by atoms with Crippen molar-refractivity contribution in [3.63, 3.8) is 0 Å². The second-order valence-electron chi connectivity index (χ2n) is 3.89. The van der Waals surface area contributed by atoms with Crippen LogP contribution in [0.25, 0.3) is 0 Å². The number of aromatic nitrogens is 2. The Labute approximate surface area is 106 Å². The van der Waals surface area contributed by atoms with Gasteiger partial charge in [0.15, 0.2) is 0 Å². The quantitative estimate of drug-likeness (QED) is 0.623. The predicted octanol–water partition coefficient (Wildman–Crippen LogP) is 0.390. The summed E-state index contributed by atoms with van der Waals surface area (Å²) < 4.78 is 14.3. The fourth-order valence-electron chi connectivity index (χ4n) is 1.45. The van der Waals surface area contributed by atoms with Gasteiger partial charge in [-0.2, -0.15) is 0 Å². The summed E-state index contributed by atoms with van der Waals surface area (Å²) in [6, 6.07) is 0. The Morgan fingerprint density at radius 3 is 2.67 bits per heavy atom. The van der Waals surface area contributed by atoms with Crippen molar-refractivity contribution in [3.05, 3.63) is 11.4 Å². The van der Waals surface area contributed by atoms with E-state index in [1.807, 2.05) is 11.8 Å². The average Bonchev–Trinajstić information content (AvgIpc) is 2.77. The van der Waals surface area contributed by atoms with E-state index in [0.717, 1.165) is 11.4 Å². The van der Waals surface area contributed by atoms with Crippen LogP contribution in [0.1, 0.15) is 17.8 Å². The van der Waals surface area contributed by atoms with Gasteiger partial charge in [0, 0.05) is 26.7 Å². The molecule has 0 aliphatic carbocycles. The number of hydrogen-bond donors (Lipinski definition) is 0. The van der Waals surface area contributed by atoms with Crippen LogP contribution in [0.15, 0.2) is 4.63 Å². The molecule has 0 N–H and O–H groups in total. The molecular weight excluding hydrogens is 238 g/mol. The topological polar surface area (TPSA) is 77.7 Å². The van der Waals surface area contributed by atoms with Crippen molar-refractivity contribution in [1.29, 1.82) is 0 Å². The Kier molecular flexibility index (Phi) is 6.31. The Morgan fingerprint density at radius 1 is 1.33 bits per heavy atom. The van der Waals surface area contributed by atoms with Gasteiger partial charge in [-0.25, -0.2) is 4.63 Å². The van der Waals surface area contributed by atoms with E-state index in [2.05, 4.69) is 19.7 Å². The van der Waals surface area contributed by atoms with E-state index in [1.165, 1.54) is 7.11 Å². The summed E-state index contributed by atoms with van der Waals surface area (Å²) in [5, 5.41) is 7.55. The van der Waals surface area contributed by atoms with Gasteiger partial charge >= 0.3 is 5.97 Å². The summed E-state index contributed by atoms with van der Waals surface area (Å²) in [7, 11) is 3.02. The lowest BCUT2D eigenvalue weighted by molar-refractivity contribution is -0.141. The Morgan fingerprint density at radius 2 is 2.11 bits per heavy atom. The summed E-state index contributed by atoms with van der Waals surface area (Å²) in [6.45, 7) is 4.30. The summed E-state index contributed by atoms with van der Waals surface area (Å²) in [6.07, 6.45) is 0.338. The zero-order valence-electron chi connectivity index (χ0n) is 11.0. The maximum Gasteiger partial charge on any atom is 0.306 e. The number of esters is 1. The molecule has 7 heteroatoms. The molecule has 1 heterocycles. The molecule has 0 amide bonds. The first-order chi connectivity index (χ1) is 8.67. The highest BCUT2D eigenvalue weighted by molar-refractivity contribution is 5.69. The first-order valence-corrected chi connectivity index (χ1v) is 5.73. The van der Waals surface area contributed by atoms with Gasteiger partial charge in [0.25, 0.3) is 0 Å². The average molecular weight is 257 g/mol. The minimum atomic E-state index is -0.229. The van der Waals surface area contributed by atoms with Crippen molar-refractivity contribution in [2.45, 2.75) is 19.9 Å². The van der Waals surface area contributed by atoms with Crippen LogP contribution in [0.2, 0.25) is 0 Å². The minimum absolute atomic E-state index is 0.229. The van der Waals surface area contributed by atoms with Crippen LogP contribution in [-0.4, -0.2) is 55.1 Å². The van der Waals surface area contributed by atoms with Crippen molar-refractivity contribution in [1.82, 2.24) is 15.2 Å². The molecular formula is C11H19N3O4. The van der Waals surface area contributed by atoms with E-state index in [-0.39, 0.29) is 5.97 Å². The van der Waals surface area contributed by atoms with Crippen LogP contribution >= 0.6 is 0 Å². The van der Waals surface area contributed by atoms with Crippen molar-refractivity contribution in [2.24, 2.45) is 0 Å². The highest BCUT2D eigenvalue weighted by atomic mass is 16.6. The molecule has 0 fully saturated rings. The Bertz CT molecular complexity index is 367. The molecule has 1 rings (SSSR count). The smallest absolute Gasteiger partial charge is 0.306 e. The van der Waals surface area contributed by atoms with Crippen LogP contribution < -0.4 is 0 Å². The van der Waals surface area contributed by atoms with Gasteiger partial charge in [0.1, 0.15) is 11.4 Å². The first-order valence-electron chi connectivity index (χ1n) is 5.73. The number of ether oxygens (including phenoxy) is 2. The van der Waals surface area contributed by atoms with E-state index in [9.17, 15) is 4.79 Å². The van der Waals surface area contributed by atoms with Crippen molar-refractivity contribution >= 4 is 5.97 Å². The molecule has 0 atom stereocenters. The standard InChI is InChI=1S/C11H19N3O4/c1-9-10(13-18-12-9)8-14(6-7-16-2)5-4-11(15)17-3/h4-8H2,1-3H3. The van der Waals surface area contributed by atoms with E-state index in [4.69, 9.17) is 4.74 Å². The van der Waals surface area contributed by atoms with Gasteiger partial charge < -0.3 is 9.47 Å². The lowest BCUT2D eigenvalue weighted by atomic mass is 10.3. The zero-order valence-corrected chi connectivity index (χ0v) is 11.0. The summed E-state index contributed by atoms with van der Waals surface area (Å²) in [5.74, 6) is -0.229. The molecule has 0 saturated heterocycles. The van der Waals surface area contributed by atoms with Crippen LogP contribution in [0.5, 0.6) is 0 Å². The summed E-state index contributed by atoms with van der Waals surface area (Å²) in [5.41, 5.74) is 1.53. The minimum Gasteiger partial charge on any atom is -0.469 e. The molecule has 0 saturated carbocycles. The van der Waals surface area contributed by atoms with Crippen molar-refractivity contribution < 1.29 is 18.9 Å². The molecule has 0 radical (unpaired) electrons. The third kappa shape index (κ3) is 4.80. The second-order valence-corrected chi connectivity index (χ2v) is 3.89. The van der Waals surface area contributed by atoms with Gasteiger partial charge in [-0.1, -0.05) is 10.3 Å². The van der Waals surface area contributed by atoms with Gasteiger partial charge in [-0.3, -0.25) is 9.69 Å². The number of carbonyl (C=O) groups is 1. The zero-order chi connectivity index (χ0) is 13.4. The highest BCUT2D eigenvalue weighted by Gasteiger charge is 2.13. The van der Waals surface area contributed by atoms with Crippen LogP contribution in [0.4, 0.5) is 0 Å². The number of hydrogen-bond acceptors (Lipinski definition) is 7. The fourth-order valence-corrected chi connectivity index (χ4v) is 1.45. The van der Waals surface area contributed by atoms with Crippen LogP contribution in [-0.2, 0) is 20.8 Å². The van der Waals surface area contributed by atoms with Crippen LogP contribution in [0.3, 0.4) is 0 Å². The maximum atomic E-state index is 11.1. The number of nitrogens with zero attached hydrogens (tertiary/aromatic N) is 3. The van der Waals surface area contributed by atoms with Crippen molar-refractivity contribution in [3.8, 4) is 0 Å². The van der Waals surface area contributed by atoms with E-state index >= 15 is 0 Å². The van der Waals surface area contributed by atoms with Crippen molar-refractivity contribution in [2.75, 3.05) is 33.9 Å². The Hall–Kier alpha value is -1.47. The molecule has 7 nitrogen and oxygen atoms in total. The van der Waals surface area contributed by atoms with E-state index < -0.39 is 0 Å². The Balaban J connectivity index is 2.49.